The Morgan fingerprint density at radius 2 is 1.79 bits per heavy atom. The van der Waals surface area contributed by atoms with Crippen molar-refractivity contribution >= 4 is 0 Å². The van der Waals surface area contributed by atoms with Crippen molar-refractivity contribution in [3.63, 3.8) is 0 Å². The fourth-order valence-corrected chi connectivity index (χ4v) is 0.884. The Morgan fingerprint density at radius 3 is 2.29 bits per heavy atom. The van der Waals surface area contributed by atoms with Crippen LogP contribution < -0.4 is 5.32 Å². The van der Waals surface area contributed by atoms with Crippen LogP contribution in [0.4, 0.5) is 0 Å². The molecule has 88 valence electrons. The van der Waals surface area contributed by atoms with Crippen molar-refractivity contribution in [2.75, 3.05) is 26.3 Å². The molecule has 0 heterocycles. The van der Waals surface area contributed by atoms with Crippen molar-refractivity contribution in [1.82, 2.24) is 5.32 Å². The first kappa shape index (κ1) is 16.4. The monoisotopic (exact) mass is 203 g/mol. The normalized spacial score (nSPS) is 9.86. The molecule has 0 aromatic heterocycles. The van der Waals surface area contributed by atoms with E-state index in [0.29, 0.717) is 0 Å². The molecule has 0 spiro atoms. The summed E-state index contributed by atoms with van der Waals surface area (Å²) in [5.41, 5.74) is 0. The number of hydrogen-bond acceptors (Lipinski definition) is 2. The van der Waals surface area contributed by atoms with E-state index in [1.54, 1.807) is 0 Å². The van der Waals surface area contributed by atoms with Crippen molar-refractivity contribution in [1.29, 1.82) is 0 Å². The third-order valence-corrected chi connectivity index (χ3v) is 1.62. The maximum Gasteiger partial charge on any atom is 0.0590 e. The van der Waals surface area contributed by atoms with Crippen LogP contribution in [-0.4, -0.2) is 26.3 Å². The molecule has 0 rings (SSSR count). The van der Waals surface area contributed by atoms with Crippen LogP contribution in [0.15, 0.2) is 0 Å². The Labute approximate surface area is 90.4 Å². The molecule has 14 heavy (non-hydrogen) atoms. The van der Waals surface area contributed by atoms with Gasteiger partial charge in [-0.1, -0.05) is 41.0 Å². The fraction of sp³-hybridized carbons (Fsp3) is 1.00. The third-order valence-electron chi connectivity index (χ3n) is 1.62. The summed E-state index contributed by atoms with van der Waals surface area (Å²) in [5.74, 6) is 0.737. The lowest BCUT2D eigenvalue weighted by molar-refractivity contribution is 0.132. The fourth-order valence-electron chi connectivity index (χ4n) is 0.884. The summed E-state index contributed by atoms with van der Waals surface area (Å²) in [5, 5.41) is 3.34. The van der Waals surface area contributed by atoms with Crippen LogP contribution in [0.1, 0.15) is 47.5 Å². The Hall–Kier alpha value is -0.0800. The molecule has 0 aliphatic carbocycles. The van der Waals surface area contributed by atoms with E-state index in [1.807, 2.05) is 13.8 Å². The van der Waals surface area contributed by atoms with Crippen molar-refractivity contribution in [2.45, 2.75) is 47.5 Å². The van der Waals surface area contributed by atoms with Crippen LogP contribution >= 0.6 is 0 Å². The number of nitrogens with one attached hydrogen (secondary N) is 1. The maximum absolute atomic E-state index is 5.39. The van der Waals surface area contributed by atoms with Crippen molar-refractivity contribution < 1.29 is 4.74 Å². The van der Waals surface area contributed by atoms with E-state index in [9.17, 15) is 0 Å². The molecule has 0 aliphatic rings. The van der Waals surface area contributed by atoms with Gasteiger partial charge in [0.2, 0.25) is 0 Å². The highest BCUT2D eigenvalue weighted by Gasteiger charge is 1.91. The maximum atomic E-state index is 5.39. The molecule has 0 aromatic carbocycles. The van der Waals surface area contributed by atoms with Crippen LogP contribution in [0, 0.1) is 5.92 Å². The van der Waals surface area contributed by atoms with Gasteiger partial charge >= 0.3 is 0 Å². The molecule has 2 heteroatoms. The number of rotatable bonds is 8. The van der Waals surface area contributed by atoms with E-state index >= 15 is 0 Å². The molecule has 0 saturated carbocycles. The zero-order valence-corrected chi connectivity index (χ0v) is 10.7. The van der Waals surface area contributed by atoms with Gasteiger partial charge in [-0.25, -0.2) is 0 Å². The second-order valence-corrected chi connectivity index (χ2v) is 3.56. The van der Waals surface area contributed by atoms with Crippen LogP contribution in [0.5, 0.6) is 0 Å². The minimum absolute atomic E-state index is 0.737. The average Bonchev–Trinajstić information content (AvgIpc) is 2.19. The van der Waals surface area contributed by atoms with Gasteiger partial charge in [-0.15, -0.1) is 0 Å². The first-order chi connectivity index (χ1) is 6.77. The highest BCUT2D eigenvalue weighted by molar-refractivity contribution is 4.49. The van der Waals surface area contributed by atoms with Gasteiger partial charge in [-0.3, -0.25) is 0 Å². The van der Waals surface area contributed by atoms with Gasteiger partial charge in [0.25, 0.3) is 0 Å². The molecule has 0 atom stereocenters. The van der Waals surface area contributed by atoms with Gasteiger partial charge in [0, 0.05) is 13.2 Å². The molecule has 0 aromatic rings. The molecule has 0 radical (unpaired) electrons. The molecule has 2 nitrogen and oxygen atoms in total. The second-order valence-electron chi connectivity index (χ2n) is 3.56. The van der Waals surface area contributed by atoms with Crippen LogP contribution in [-0.2, 0) is 4.74 Å². The quantitative estimate of drug-likeness (QED) is 0.612. The first-order valence-corrected chi connectivity index (χ1v) is 6.05. The van der Waals surface area contributed by atoms with Crippen molar-refractivity contribution in [3.8, 4) is 0 Å². The summed E-state index contributed by atoms with van der Waals surface area (Å²) in [6.45, 7) is 14.5. The molecule has 1 N–H and O–H groups in total. The predicted molar refractivity (Wildman–Crippen MR) is 64.8 cm³/mol. The lowest BCUT2D eigenvalue weighted by Gasteiger charge is -2.07. The van der Waals surface area contributed by atoms with Gasteiger partial charge in [0.05, 0.1) is 6.61 Å². The van der Waals surface area contributed by atoms with E-state index < -0.39 is 0 Å². The van der Waals surface area contributed by atoms with Gasteiger partial charge in [0.1, 0.15) is 0 Å². The molecule has 0 fully saturated rings. The number of ether oxygens (including phenoxy) is 1. The molecular weight excluding hydrogens is 174 g/mol. The highest BCUT2D eigenvalue weighted by Crippen LogP contribution is 1.88. The summed E-state index contributed by atoms with van der Waals surface area (Å²) < 4.78 is 5.39. The van der Waals surface area contributed by atoms with Crippen LogP contribution in [0.3, 0.4) is 0 Å². The summed E-state index contributed by atoms with van der Waals surface area (Å²) in [6, 6.07) is 0. The van der Waals surface area contributed by atoms with Crippen molar-refractivity contribution in [2.24, 2.45) is 5.92 Å². The SMILES string of the molecule is CC.CCCCOCCNCC(C)C. The Morgan fingerprint density at radius 1 is 1.14 bits per heavy atom. The Kier molecular flexibility index (Phi) is 18.0. The Bertz CT molecular complexity index is 84.4. The van der Waals surface area contributed by atoms with E-state index in [0.717, 1.165) is 32.2 Å². The lowest BCUT2D eigenvalue weighted by Crippen LogP contribution is -2.24. The molecule has 0 saturated heterocycles. The van der Waals surface area contributed by atoms with Crippen LogP contribution in [0.2, 0.25) is 0 Å². The molecule has 0 aliphatic heterocycles. The smallest absolute Gasteiger partial charge is 0.0590 e. The van der Waals surface area contributed by atoms with Gasteiger partial charge in [-0.2, -0.15) is 0 Å². The molecule has 0 bridgehead atoms. The summed E-state index contributed by atoms with van der Waals surface area (Å²) >= 11 is 0. The van der Waals surface area contributed by atoms with Gasteiger partial charge < -0.3 is 10.1 Å². The third kappa shape index (κ3) is 17.9. The standard InChI is InChI=1S/C10H23NO.C2H6/c1-4-5-7-12-8-6-11-9-10(2)3;1-2/h10-11H,4-9H2,1-3H3;1-2H3. The number of hydrogen-bond donors (Lipinski definition) is 1. The predicted octanol–water partition coefficient (Wildman–Crippen LogP) is 3.07. The minimum Gasteiger partial charge on any atom is -0.380 e. The lowest BCUT2D eigenvalue weighted by atomic mass is 10.2. The largest absolute Gasteiger partial charge is 0.380 e. The zero-order chi connectivity index (χ0) is 11.2. The van der Waals surface area contributed by atoms with Crippen LogP contribution in [0.25, 0.3) is 0 Å². The minimum atomic E-state index is 0.737. The Balaban J connectivity index is 0. The van der Waals surface area contributed by atoms with Gasteiger partial charge in [-0.05, 0) is 18.9 Å². The van der Waals surface area contributed by atoms with E-state index in [1.165, 1.54) is 12.8 Å². The van der Waals surface area contributed by atoms with E-state index in [2.05, 4.69) is 26.1 Å². The van der Waals surface area contributed by atoms with Gasteiger partial charge in [0.15, 0.2) is 0 Å². The molecule has 0 amide bonds. The highest BCUT2D eigenvalue weighted by atomic mass is 16.5. The molecule has 0 unspecified atom stereocenters. The van der Waals surface area contributed by atoms with E-state index in [4.69, 9.17) is 4.74 Å². The number of unbranched alkanes of at least 4 members (excludes halogenated alkanes) is 1. The van der Waals surface area contributed by atoms with E-state index in [-0.39, 0.29) is 0 Å². The zero-order valence-electron chi connectivity index (χ0n) is 10.7. The second kappa shape index (κ2) is 15.4. The average molecular weight is 203 g/mol. The summed E-state index contributed by atoms with van der Waals surface area (Å²) in [6.07, 6.45) is 2.41. The summed E-state index contributed by atoms with van der Waals surface area (Å²) in [4.78, 5) is 0. The first-order valence-electron chi connectivity index (χ1n) is 6.05. The summed E-state index contributed by atoms with van der Waals surface area (Å²) in [7, 11) is 0. The topological polar surface area (TPSA) is 21.3 Å². The molecular formula is C12H29NO. The van der Waals surface area contributed by atoms with Crippen molar-refractivity contribution in [3.05, 3.63) is 0 Å².